The Balaban J connectivity index is 1.50. The van der Waals surface area contributed by atoms with Gasteiger partial charge in [-0.15, -0.1) is 0 Å². The summed E-state index contributed by atoms with van der Waals surface area (Å²) in [4.78, 5) is 6.60. The van der Waals surface area contributed by atoms with Crippen molar-refractivity contribution in [3.05, 3.63) is 59.7 Å². The highest BCUT2D eigenvalue weighted by molar-refractivity contribution is 5.74. The number of benzene rings is 2. The first kappa shape index (κ1) is 16.5. The molecule has 0 aliphatic rings. The Kier molecular flexibility index (Phi) is 5.49. The Morgan fingerprint density at radius 2 is 1.71 bits per heavy atom. The standard InChI is InChI=1S/C20H24N2O2/c1-22(20-21-18-7-3-4-8-19(18)24-20)14-5-6-16-9-11-17(12-10-16)13-15-23-2/h3-4,7-12H,5-6,13-15H2,1-2H3. The molecule has 126 valence electrons. The smallest absolute Gasteiger partial charge is 0.298 e. The molecule has 0 spiro atoms. The molecule has 1 aromatic heterocycles. The zero-order valence-electron chi connectivity index (χ0n) is 14.4. The summed E-state index contributed by atoms with van der Waals surface area (Å²) in [6.45, 7) is 1.69. The van der Waals surface area contributed by atoms with Crippen LogP contribution in [-0.2, 0) is 17.6 Å². The van der Waals surface area contributed by atoms with E-state index in [1.807, 2.05) is 31.3 Å². The minimum absolute atomic E-state index is 0.686. The van der Waals surface area contributed by atoms with Crippen LogP contribution in [0.5, 0.6) is 0 Å². The highest BCUT2D eigenvalue weighted by Crippen LogP contribution is 2.21. The van der Waals surface area contributed by atoms with E-state index in [2.05, 4.69) is 34.1 Å². The molecule has 0 fully saturated rings. The maximum atomic E-state index is 5.79. The highest BCUT2D eigenvalue weighted by Gasteiger charge is 2.09. The van der Waals surface area contributed by atoms with E-state index in [0.29, 0.717) is 6.01 Å². The molecule has 0 bridgehead atoms. The van der Waals surface area contributed by atoms with E-state index in [-0.39, 0.29) is 0 Å². The molecule has 0 saturated heterocycles. The zero-order chi connectivity index (χ0) is 16.8. The molecule has 4 nitrogen and oxygen atoms in total. The summed E-state index contributed by atoms with van der Waals surface area (Å²) in [5, 5.41) is 0. The van der Waals surface area contributed by atoms with Crippen LogP contribution >= 0.6 is 0 Å². The molecule has 1 heterocycles. The first-order valence-corrected chi connectivity index (χ1v) is 8.40. The third-order valence-electron chi connectivity index (χ3n) is 4.19. The van der Waals surface area contributed by atoms with Gasteiger partial charge in [0.05, 0.1) is 6.61 Å². The Labute approximate surface area is 143 Å². The van der Waals surface area contributed by atoms with Crippen molar-refractivity contribution in [2.45, 2.75) is 19.3 Å². The molecular weight excluding hydrogens is 300 g/mol. The number of ether oxygens (including phenoxy) is 1. The van der Waals surface area contributed by atoms with Crippen LogP contribution in [0.3, 0.4) is 0 Å². The number of fused-ring (bicyclic) bond motifs is 1. The fourth-order valence-electron chi connectivity index (χ4n) is 2.73. The van der Waals surface area contributed by atoms with Crippen molar-refractivity contribution in [3.63, 3.8) is 0 Å². The summed E-state index contributed by atoms with van der Waals surface area (Å²) in [6, 6.07) is 17.4. The summed E-state index contributed by atoms with van der Waals surface area (Å²) >= 11 is 0. The van der Waals surface area contributed by atoms with E-state index in [1.165, 1.54) is 11.1 Å². The largest absolute Gasteiger partial charge is 0.423 e. The molecule has 0 unspecified atom stereocenters. The van der Waals surface area contributed by atoms with E-state index in [0.717, 1.165) is 43.5 Å². The van der Waals surface area contributed by atoms with E-state index >= 15 is 0 Å². The van der Waals surface area contributed by atoms with E-state index in [9.17, 15) is 0 Å². The number of hydrogen-bond donors (Lipinski definition) is 0. The van der Waals surface area contributed by atoms with Gasteiger partial charge in [0.25, 0.3) is 6.01 Å². The van der Waals surface area contributed by atoms with Gasteiger partial charge < -0.3 is 14.1 Å². The molecule has 4 heteroatoms. The summed E-state index contributed by atoms with van der Waals surface area (Å²) in [5.41, 5.74) is 4.43. The average molecular weight is 324 g/mol. The predicted molar refractivity (Wildman–Crippen MR) is 97.6 cm³/mol. The van der Waals surface area contributed by atoms with Crippen molar-refractivity contribution in [3.8, 4) is 0 Å². The predicted octanol–water partition coefficient (Wildman–Crippen LogP) is 4.09. The molecular formula is C20H24N2O2. The van der Waals surface area contributed by atoms with Crippen molar-refractivity contribution in [1.82, 2.24) is 4.98 Å². The number of aryl methyl sites for hydroxylation is 1. The lowest BCUT2D eigenvalue weighted by molar-refractivity contribution is 0.202. The zero-order valence-corrected chi connectivity index (χ0v) is 14.4. The molecule has 2 aromatic carbocycles. The number of nitrogens with zero attached hydrogens (tertiary/aromatic N) is 2. The van der Waals surface area contributed by atoms with Crippen LogP contribution in [0, 0.1) is 0 Å². The molecule has 0 radical (unpaired) electrons. The minimum Gasteiger partial charge on any atom is -0.423 e. The van der Waals surface area contributed by atoms with Gasteiger partial charge >= 0.3 is 0 Å². The maximum absolute atomic E-state index is 5.79. The van der Waals surface area contributed by atoms with Crippen LogP contribution in [0.4, 0.5) is 6.01 Å². The third-order valence-corrected chi connectivity index (χ3v) is 4.19. The Morgan fingerprint density at radius 3 is 2.42 bits per heavy atom. The summed E-state index contributed by atoms with van der Waals surface area (Å²) < 4.78 is 10.9. The quantitative estimate of drug-likeness (QED) is 0.626. The van der Waals surface area contributed by atoms with Crippen LogP contribution in [0.1, 0.15) is 17.5 Å². The van der Waals surface area contributed by atoms with Gasteiger partial charge in [0, 0.05) is 20.7 Å². The first-order chi connectivity index (χ1) is 11.8. The second kappa shape index (κ2) is 7.97. The fourth-order valence-corrected chi connectivity index (χ4v) is 2.73. The molecule has 0 amide bonds. The van der Waals surface area contributed by atoms with Gasteiger partial charge in [-0.1, -0.05) is 36.4 Å². The summed E-state index contributed by atoms with van der Waals surface area (Å²) in [5.74, 6) is 0. The monoisotopic (exact) mass is 324 g/mol. The second-order valence-corrected chi connectivity index (χ2v) is 6.05. The minimum atomic E-state index is 0.686. The van der Waals surface area contributed by atoms with Crippen molar-refractivity contribution in [2.75, 3.05) is 32.2 Å². The normalized spacial score (nSPS) is 11.1. The van der Waals surface area contributed by atoms with Crippen LogP contribution in [0.15, 0.2) is 52.9 Å². The van der Waals surface area contributed by atoms with Crippen molar-refractivity contribution >= 4 is 17.1 Å². The van der Waals surface area contributed by atoms with Gasteiger partial charge in [-0.2, -0.15) is 4.98 Å². The number of aromatic nitrogens is 1. The van der Waals surface area contributed by atoms with E-state index < -0.39 is 0 Å². The van der Waals surface area contributed by atoms with Crippen molar-refractivity contribution in [1.29, 1.82) is 0 Å². The fraction of sp³-hybridized carbons (Fsp3) is 0.350. The molecule has 0 saturated carbocycles. The molecule has 0 atom stereocenters. The Bertz CT molecular complexity index is 732. The second-order valence-electron chi connectivity index (χ2n) is 6.05. The molecule has 3 rings (SSSR count). The van der Waals surface area contributed by atoms with E-state index in [1.54, 1.807) is 7.11 Å². The van der Waals surface area contributed by atoms with Crippen LogP contribution in [0.25, 0.3) is 11.1 Å². The first-order valence-electron chi connectivity index (χ1n) is 8.40. The van der Waals surface area contributed by atoms with Gasteiger partial charge in [-0.3, -0.25) is 0 Å². The molecule has 0 aliphatic heterocycles. The maximum Gasteiger partial charge on any atom is 0.298 e. The van der Waals surface area contributed by atoms with Gasteiger partial charge in [-0.05, 0) is 42.5 Å². The number of para-hydroxylation sites is 2. The van der Waals surface area contributed by atoms with E-state index in [4.69, 9.17) is 9.15 Å². The number of hydrogen-bond acceptors (Lipinski definition) is 4. The van der Waals surface area contributed by atoms with Crippen molar-refractivity contribution in [2.24, 2.45) is 0 Å². The average Bonchev–Trinajstić information content (AvgIpc) is 3.05. The van der Waals surface area contributed by atoms with Gasteiger partial charge in [-0.25, -0.2) is 0 Å². The molecule has 0 N–H and O–H groups in total. The highest BCUT2D eigenvalue weighted by atomic mass is 16.5. The SMILES string of the molecule is COCCc1ccc(CCCN(C)c2nc3ccccc3o2)cc1. The Morgan fingerprint density at radius 1 is 1.00 bits per heavy atom. The van der Waals surface area contributed by atoms with Crippen LogP contribution in [-0.4, -0.2) is 32.3 Å². The summed E-state index contributed by atoms with van der Waals surface area (Å²) in [6.07, 6.45) is 3.08. The lowest BCUT2D eigenvalue weighted by Gasteiger charge is -2.14. The van der Waals surface area contributed by atoms with Gasteiger partial charge in [0.2, 0.25) is 0 Å². The lowest BCUT2D eigenvalue weighted by atomic mass is 10.1. The van der Waals surface area contributed by atoms with Crippen molar-refractivity contribution < 1.29 is 9.15 Å². The van der Waals surface area contributed by atoms with Gasteiger partial charge in [0.15, 0.2) is 5.58 Å². The molecule has 0 aliphatic carbocycles. The number of methoxy groups -OCH3 is 1. The Hall–Kier alpha value is -2.33. The number of oxazole rings is 1. The number of anilines is 1. The summed E-state index contributed by atoms with van der Waals surface area (Å²) in [7, 11) is 3.76. The topological polar surface area (TPSA) is 38.5 Å². The third kappa shape index (κ3) is 4.15. The molecule has 3 aromatic rings. The molecule has 24 heavy (non-hydrogen) atoms. The van der Waals surface area contributed by atoms with Gasteiger partial charge in [0.1, 0.15) is 5.52 Å². The lowest BCUT2D eigenvalue weighted by Crippen LogP contribution is -2.19. The van der Waals surface area contributed by atoms with Crippen LogP contribution in [0.2, 0.25) is 0 Å². The van der Waals surface area contributed by atoms with Crippen LogP contribution < -0.4 is 4.90 Å². The number of rotatable bonds is 8.